The molecule has 1 unspecified atom stereocenters. The first kappa shape index (κ1) is 14.8. The van der Waals surface area contributed by atoms with Gasteiger partial charge in [0, 0.05) is 0 Å². The van der Waals surface area contributed by atoms with E-state index in [0.717, 1.165) is 0 Å². The van der Waals surface area contributed by atoms with Gasteiger partial charge in [0.1, 0.15) is 17.5 Å². The average Bonchev–Trinajstić information content (AvgIpc) is 2.19. The molecule has 0 aliphatic heterocycles. The third-order valence-electron chi connectivity index (χ3n) is 2.06. The highest BCUT2D eigenvalue weighted by atomic mass is 35.5. The van der Waals surface area contributed by atoms with Gasteiger partial charge in [0.15, 0.2) is 0 Å². The minimum absolute atomic E-state index is 0.227. The van der Waals surface area contributed by atoms with Crippen molar-refractivity contribution in [2.75, 3.05) is 5.32 Å². The smallest absolute Gasteiger partial charge is 0.328 e. The molecular weight excluding hydrogens is 257 g/mol. The summed E-state index contributed by atoms with van der Waals surface area (Å²) < 4.78 is 18.1. The molecule has 0 radical (unpaired) electrons. The monoisotopic (exact) mass is 273 g/mol. The van der Waals surface area contributed by atoms with Gasteiger partial charge in [-0.3, -0.25) is 0 Å². The molecule has 1 rings (SSSR count). The molecule has 1 atom stereocenters. The van der Waals surface area contributed by atoms with Crippen LogP contribution in [0.5, 0.6) is 0 Å². The van der Waals surface area contributed by atoms with Gasteiger partial charge in [-0.25, -0.2) is 9.18 Å². The van der Waals surface area contributed by atoms with E-state index >= 15 is 0 Å². The molecule has 5 heteroatoms. The maximum atomic E-state index is 12.9. The van der Waals surface area contributed by atoms with Crippen molar-refractivity contribution in [2.24, 2.45) is 0 Å². The lowest BCUT2D eigenvalue weighted by Gasteiger charge is -2.23. The van der Waals surface area contributed by atoms with Gasteiger partial charge in [-0.2, -0.15) is 0 Å². The lowest BCUT2D eigenvalue weighted by Crippen LogP contribution is -2.34. The van der Waals surface area contributed by atoms with Crippen molar-refractivity contribution in [3.05, 3.63) is 29.0 Å². The molecule has 0 amide bonds. The van der Waals surface area contributed by atoms with E-state index < -0.39 is 17.5 Å². The van der Waals surface area contributed by atoms with Crippen molar-refractivity contribution in [3.63, 3.8) is 0 Å². The molecule has 1 N–H and O–H groups in total. The minimum Gasteiger partial charge on any atom is -0.458 e. The van der Waals surface area contributed by atoms with Crippen molar-refractivity contribution in [1.82, 2.24) is 0 Å². The van der Waals surface area contributed by atoms with E-state index in [-0.39, 0.29) is 11.0 Å². The highest BCUT2D eigenvalue weighted by Gasteiger charge is 2.22. The zero-order valence-corrected chi connectivity index (χ0v) is 11.6. The summed E-state index contributed by atoms with van der Waals surface area (Å²) in [5, 5.41) is 3.11. The summed E-state index contributed by atoms with van der Waals surface area (Å²) in [5.74, 6) is -0.807. The number of anilines is 1. The Morgan fingerprint density at radius 2 is 2.06 bits per heavy atom. The molecule has 0 bridgehead atoms. The summed E-state index contributed by atoms with van der Waals surface area (Å²) >= 11 is 5.86. The molecule has 0 fully saturated rings. The molecule has 0 saturated carbocycles. The normalized spacial score (nSPS) is 13.0. The van der Waals surface area contributed by atoms with Crippen LogP contribution < -0.4 is 5.32 Å². The summed E-state index contributed by atoms with van der Waals surface area (Å²) in [4.78, 5) is 11.7. The molecular formula is C13H17ClFNO2. The molecule has 0 aliphatic carbocycles. The van der Waals surface area contributed by atoms with Gasteiger partial charge >= 0.3 is 5.97 Å². The van der Waals surface area contributed by atoms with E-state index in [1.807, 2.05) is 0 Å². The van der Waals surface area contributed by atoms with Crippen molar-refractivity contribution < 1.29 is 13.9 Å². The van der Waals surface area contributed by atoms with E-state index in [2.05, 4.69) is 5.32 Å². The van der Waals surface area contributed by atoms with Crippen molar-refractivity contribution in [1.29, 1.82) is 0 Å². The van der Waals surface area contributed by atoms with Gasteiger partial charge in [-0.15, -0.1) is 0 Å². The molecule has 0 heterocycles. The Balaban J connectivity index is 2.69. The van der Waals surface area contributed by atoms with Crippen LogP contribution in [-0.4, -0.2) is 17.6 Å². The predicted octanol–water partition coefficient (Wildman–Crippen LogP) is 3.62. The Hall–Kier alpha value is -1.29. The lowest BCUT2D eigenvalue weighted by molar-refractivity contribution is -0.155. The maximum absolute atomic E-state index is 12.9. The van der Waals surface area contributed by atoms with E-state index in [0.29, 0.717) is 5.69 Å². The summed E-state index contributed by atoms with van der Waals surface area (Å²) in [6.07, 6.45) is 0. The molecule has 1 aromatic rings. The van der Waals surface area contributed by atoms with Gasteiger partial charge in [0.05, 0.1) is 10.7 Å². The molecule has 0 aliphatic rings. The Bertz CT molecular complexity index is 443. The number of hydrogen-bond donors (Lipinski definition) is 1. The first-order chi connectivity index (χ1) is 8.19. The number of carbonyl (C=O) groups is 1. The zero-order chi connectivity index (χ0) is 13.9. The number of carbonyl (C=O) groups excluding carboxylic acids is 1. The van der Waals surface area contributed by atoms with Crippen molar-refractivity contribution >= 4 is 23.3 Å². The zero-order valence-electron chi connectivity index (χ0n) is 10.9. The van der Waals surface area contributed by atoms with Crippen LogP contribution in [0.1, 0.15) is 27.7 Å². The average molecular weight is 274 g/mol. The molecule has 100 valence electrons. The molecule has 3 nitrogen and oxygen atoms in total. The topological polar surface area (TPSA) is 38.3 Å². The Kier molecular flexibility index (Phi) is 4.57. The van der Waals surface area contributed by atoms with Crippen LogP contribution in [0.25, 0.3) is 0 Å². The van der Waals surface area contributed by atoms with Crippen LogP contribution in [0, 0.1) is 5.82 Å². The van der Waals surface area contributed by atoms with Crippen molar-refractivity contribution in [3.8, 4) is 0 Å². The molecule has 1 aromatic carbocycles. The second-order valence-corrected chi connectivity index (χ2v) is 5.43. The first-order valence-corrected chi connectivity index (χ1v) is 6.01. The van der Waals surface area contributed by atoms with Crippen LogP contribution in [0.2, 0.25) is 5.02 Å². The van der Waals surface area contributed by atoms with Crippen LogP contribution >= 0.6 is 11.6 Å². The van der Waals surface area contributed by atoms with Gasteiger partial charge in [-0.1, -0.05) is 11.6 Å². The Morgan fingerprint density at radius 3 is 2.56 bits per heavy atom. The van der Waals surface area contributed by atoms with Crippen LogP contribution in [0.15, 0.2) is 18.2 Å². The lowest BCUT2D eigenvalue weighted by atomic mass is 10.2. The molecule has 0 saturated heterocycles. The maximum Gasteiger partial charge on any atom is 0.328 e. The van der Waals surface area contributed by atoms with Gasteiger partial charge in [-0.05, 0) is 45.9 Å². The molecule has 0 aromatic heterocycles. The summed E-state index contributed by atoms with van der Waals surface area (Å²) in [6.45, 7) is 7.04. The quantitative estimate of drug-likeness (QED) is 0.855. The van der Waals surface area contributed by atoms with Gasteiger partial charge in [0.25, 0.3) is 0 Å². The Labute approximate surface area is 111 Å². The highest BCUT2D eigenvalue weighted by Crippen LogP contribution is 2.23. The second kappa shape index (κ2) is 5.57. The number of benzene rings is 1. The standard InChI is InChI=1S/C13H17ClFNO2/c1-8(12(17)18-13(2,3)4)16-11-6-5-9(15)7-10(11)14/h5-8,16H,1-4H3. The van der Waals surface area contributed by atoms with E-state index in [1.54, 1.807) is 27.7 Å². The fourth-order valence-corrected chi connectivity index (χ4v) is 1.51. The summed E-state index contributed by atoms with van der Waals surface area (Å²) in [7, 11) is 0. The third kappa shape index (κ3) is 4.53. The van der Waals surface area contributed by atoms with Crippen LogP contribution in [0.3, 0.4) is 0 Å². The first-order valence-electron chi connectivity index (χ1n) is 5.63. The summed E-state index contributed by atoms with van der Waals surface area (Å²) in [5.41, 5.74) is -0.0454. The number of ether oxygens (including phenoxy) is 1. The van der Waals surface area contributed by atoms with Crippen LogP contribution in [0.4, 0.5) is 10.1 Å². The van der Waals surface area contributed by atoms with E-state index in [1.165, 1.54) is 18.2 Å². The third-order valence-corrected chi connectivity index (χ3v) is 2.38. The minimum atomic E-state index is -0.563. The number of esters is 1. The van der Waals surface area contributed by atoms with E-state index in [4.69, 9.17) is 16.3 Å². The summed E-state index contributed by atoms with van der Waals surface area (Å²) in [6, 6.07) is 3.38. The highest BCUT2D eigenvalue weighted by molar-refractivity contribution is 6.33. The molecule has 18 heavy (non-hydrogen) atoms. The number of hydrogen-bond acceptors (Lipinski definition) is 3. The fourth-order valence-electron chi connectivity index (χ4n) is 1.29. The fraction of sp³-hybridized carbons (Fsp3) is 0.462. The van der Waals surface area contributed by atoms with Gasteiger partial charge < -0.3 is 10.1 Å². The van der Waals surface area contributed by atoms with Crippen LogP contribution in [-0.2, 0) is 9.53 Å². The van der Waals surface area contributed by atoms with Crippen molar-refractivity contribution in [2.45, 2.75) is 39.3 Å². The second-order valence-electron chi connectivity index (χ2n) is 5.02. The Morgan fingerprint density at radius 1 is 1.44 bits per heavy atom. The number of halogens is 2. The SMILES string of the molecule is CC(Nc1ccc(F)cc1Cl)C(=O)OC(C)(C)C. The largest absolute Gasteiger partial charge is 0.458 e. The number of nitrogens with one attached hydrogen (secondary N) is 1. The number of rotatable bonds is 3. The predicted molar refractivity (Wildman–Crippen MR) is 70.3 cm³/mol. The van der Waals surface area contributed by atoms with E-state index in [9.17, 15) is 9.18 Å². The van der Waals surface area contributed by atoms with Gasteiger partial charge in [0.2, 0.25) is 0 Å². The molecule has 0 spiro atoms.